The summed E-state index contributed by atoms with van der Waals surface area (Å²) in [5.74, 6) is 0. The van der Waals surface area contributed by atoms with E-state index in [1.807, 2.05) is 16.3 Å². The lowest BCUT2D eigenvalue weighted by molar-refractivity contribution is 0.321. The summed E-state index contributed by atoms with van der Waals surface area (Å²) in [5.41, 5.74) is 0. The van der Waals surface area contributed by atoms with Crippen molar-refractivity contribution in [1.82, 2.24) is 4.90 Å². The molecule has 0 saturated carbocycles. The molecule has 1 N–H and O–H groups in total. The Kier molecular flexibility index (Phi) is 15.1. The van der Waals surface area contributed by atoms with Gasteiger partial charge in [-0.1, -0.05) is 20.8 Å². The van der Waals surface area contributed by atoms with Crippen LogP contribution in [0.25, 0.3) is 0 Å². The van der Waals surface area contributed by atoms with Gasteiger partial charge in [0.05, 0.1) is 16.3 Å². The Morgan fingerprint density at radius 1 is 1.00 bits per heavy atom. The van der Waals surface area contributed by atoms with Crippen molar-refractivity contribution in [2.45, 2.75) is 20.8 Å². The van der Waals surface area contributed by atoms with Crippen LogP contribution in [0.2, 0.25) is 0 Å². The number of halogens is 1. The van der Waals surface area contributed by atoms with E-state index in [-0.39, 0.29) is 0 Å². The van der Waals surface area contributed by atoms with E-state index in [9.17, 15) is 0 Å². The Hall–Kier alpha value is 0.400. The van der Waals surface area contributed by atoms with E-state index in [2.05, 4.69) is 25.7 Å². The first-order valence-electron chi connectivity index (χ1n) is 3.24. The van der Waals surface area contributed by atoms with Crippen LogP contribution in [0.3, 0.4) is 0 Å². The van der Waals surface area contributed by atoms with Crippen molar-refractivity contribution in [3.8, 4) is 0 Å². The topological polar surface area (TPSA) is 23.5 Å². The Morgan fingerprint density at radius 2 is 1.22 bits per heavy atom. The summed E-state index contributed by atoms with van der Waals surface area (Å²) in [6.45, 7) is 10.1. The first-order chi connectivity index (χ1) is 4.35. The second-order valence-corrected chi connectivity index (χ2v) is 1.62. The molecule has 0 heterocycles. The molecule has 0 bridgehead atoms. The minimum absolute atomic E-state index is 1.19. The van der Waals surface area contributed by atoms with E-state index in [0.29, 0.717) is 0 Å². The molecule has 0 saturated heterocycles. The number of nitrogens with zero attached hydrogens (tertiary/aromatic N) is 1. The van der Waals surface area contributed by atoms with E-state index in [0.717, 1.165) is 0 Å². The number of hydrogen-bond acceptors (Lipinski definition) is 2. The molecule has 0 amide bonds. The molecule has 58 valence electrons. The van der Waals surface area contributed by atoms with Crippen LogP contribution in [0.5, 0.6) is 0 Å². The Morgan fingerprint density at radius 3 is 1.22 bits per heavy atom. The molecule has 0 aliphatic carbocycles. The molecule has 9 heavy (non-hydrogen) atoms. The quantitative estimate of drug-likeness (QED) is 0.745. The van der Waals surface area contributed by atoms with Gasteiger partial charge in [-0.05, 0) is 19.6 Å². The molecule has 0 aromatic rings. The van der Waals surface area contributed by atoms with Crippen molar-refractivity contribution in [3.05, 3.63) is 0 Å². The molecule has 0 atom stereocenters. The van der Waals surface area contributed by atoms with Gasteiger partial charge in [0.2, 0.25) is 0 Å². The number of hydrogen-bond donors (Lipinski definition) is 1. The van der Waals surface area contributed by atoms with Crippen molar-refractivity contribution in [3.63, 3.8) is 0 Å². The highest BCUT2D eigenvalue weighted by Gasteiger charge is 1.89. The minimum Gasteiger partial charge on any atom is -0.324 e. The molecule has 2 nitrogen and oxygen atoms in total. The highest BCUT2D eigenvalue weighted by molar-refractivity contribution is 9.05. The summed E-state index contributed by atoms with van der Waals surface area (Å²) in [4.78, 5) is 2.38. The first-order valence-corrected chi connectivity index (χ1v) is 3.95. The Balaban J connectivity index is 0. The SMILES string of the molecule is CCN(CC)CC.OBr. The molecule has 0 radical (unpaired) electrons. The van der Waals surface area contributed by atoms with Crippen LogP contribution in [0.15, 0.2) is 0 Å². The first kappa shape index (κ1) is 12.1. The van der Waals surface area contributed by atoms with E-state index in [1.54, 1.807) is 0 Å². The van der Waals surface area contributed by atoms with Gasteiger partial charge in [-0.15, -0.1) is 0 Å². The van der Waals surface area contributed by atoms with Crippen LogP contribution in [-0.4, -0.2) is 28.7 Å². The molecule has 0 rings (SSSR count). The standard InChI is InChI=1S/C6H15N.BrHO/c1-4-7(5-2)6-3;1-2/h4-6H2,1-3H3;2H. The fourth-order valence-corrected chi connectivity index (χ4v) is 0.671. The Labute approximate surface area is 66.3 Å². The molecular formula is C6H16BrNO. The van der Waals surface area contributed by atoms with Crippen LogP contribution in [-0.2, 0) is 0 Å². The highest BCUT2D eigenvalue weighted by Crippen LogP contribution is 1.81. The lowest BCUT2D eigenvalue weighted by atomic mass is 10.5. The van der Waals surface area contributed by atoms with Crippen molar-refractivity contribution in [2.75, 3.05) is 19.6 Å². The highest BCUT2D eigenvalue weighted by atomic mass is 79.9. The van der Waals surface area contributed by atoms with E-state index >= 15 is 0 Å². The predicted octanol–water partition coefficient (Wildman–Crippen LogP) is 1.64. The largest absolute Gasteiger partial charge is 0.324 e. The zero-order chi connectivity index (χ0) is 7.70. The fraction of sp³-hybridized carbons (Fsp3) is 1.00. The van der Waals surface area contributed by atoms with Crippen molar-refractivity contribution < 1.29 is 4.20 Å². The molecule has 0 fully saturated rings. The van der Waals surface area contributed by atoms with Gasteiger partial charge < -0.3 is 9.10 Å². The van der Waals surface area contributed by atoms with Crippen molar-refractivity contribution >= 4 is 16.3 Å². The van der Waals surface area contributed by atoms with Gasteiger partial charge in [-0.25, -0.2) is 0 Å². The smallest absolute Gasteiger partial charge is 0.0957 e. The van der Waals surface area contributed by atoms with Crippen LogP contribution in [0, 0.1) is 0 Å². The average molecular weight is 198 g/mol. The summed E-state index contributed by atoms with van der Waals surface area (Å²) in [5, 5.41) is 0. The maximum atomic E-state index is 6.81. The fourth-order valence-electron chi connectivity index (χ4n) is 0.671. The van der Waals surface area contributed by atoms with Gasteiger partial charge >= 0.3 is 0 Å². The molecule has 0 aliphatic heterocycles. The second kappa shape index (κ2) is 11.2. The van der Waals surface area contributed by atoms with Crippen LogP contribution < -0.4 is 0 Å². The summed E-state index contributed by atoms with van der Waals surface area (Å²) in [6.07, 6.45) is 0. The summed E-state index contributed by atoms with van der Waals surface area (Å²) in [6, 6.07) is 0. The molecule has 0 aromatic carbocycles. The minimum atomic E-state index is 1.19. The lowest BCUT2D eigenvalue weighted by Gasteiger charge is -2.13. The van der Waals surface area contributed by atoms with Crippen molar-refractivity contribution in [2.24, 2.45) is 0 Å². The molecule has 0 aliphatic rings. The molecule has 0 unspecified atom stereocenters. The van der Waals surface area contributed by atoms with Crippen LogP contribution >= 0.6 is 16.3 Å². The maximum Gasteiger partial charge on any atom is 0.0957 e. The summed E-state index contributed by atoms with van der Waals surface area (Å²) >= 11 is 1.94. The summed E-state index contributed by atoms with van der Waals surface area (Å²) in [7, 11) is 0. The Bertz CT molecular complexity index is 34.5. The maximum absolute atomic E-state index is 6.81. The second-order valence-electron chi connectivity index (χ2n) is 1.62. The third kappa shape index (κ3) is 8.40. The van der Waals surface area contributed by atoms with Gasteiger partial charge in [-0.3, -0.25) is 0 Å². The zero-order valence-corrected chi connectivity index (χ0v) is 7.98. The predicted molar refractivity (Wildman–Crippen MR) is 44.6 cm³/mol. The van der Waals surface area contributed by atoms with Crippen molar-refractivity contribution in [1.29, 1.82) is 0 Å². The zero-order valence-electron chi connectivity index (χ0n) is 6.39. The van der Waals surface area contributed by atoms with Gasteiger partial charge in [0.15, 0.2) is 0 Å². The molecular weight excluding hydrogens is 182 g/mol. The van der Waals surface area contributed by atoms with Gasteiger partial charge in [-0.2, -0.15) is 0 Å². The molecule has 0 aromatic heterocycles. The third-order valence-electron chi connectivity index (χ3n) is 1.34. The van der Waals surface area contributed by atoms with Gasteiger partial charge in [0.1, 0.15) is 0 Å². The normalized spacial score (nSPS) is 8.67. The van der Waals surface area contributed by atoms with E-state index in [1.165, 1.54) is 19.6 Å². The monoisotopic (exact) mass is 197 g/mol. The number of rotatable bonds is 3. The third-order valence-corrected chi connectivity index (χ3v) is 1.34. The molecule has 0 spiro atoms. The van der Waals surface area contributed by atoms with E-state index < -0.39 is 0 Å². The molecule has 3 heteroatoms. The van der Waals surface area contributed by atoms with Gasteiger partial charge in [0, 0.05) is 0 Å². The van der Waals surface area contributed by atoms with E-state index in [4.69, 9.17) is 4.20 Å². The summed E-state index contributed by atoms with van der Waals surface area (Å²) < 4.78 is 6.81. The van der Waals surface area contributed by atoms with Crippen LogP contribution in [0.1, 0.15) is 20.8 Å². The van der Waals surface area contributed by atoms with Gasteiger partial charge in [0.25, 0.3) is 0 Å². The average Bonchev–Trinajstić information content (AvgIpc) is 1.96. The van der Waals surface area contributed by atoms with Crippen LogP contribution in [0.4, 0.5) is 0 Å². The lowest BCUT2D eigenvalue weighted by Crippen LogP contribution is -2.21.